The molecule has 2 N–H and O–H groups in total. The van der Waals surface area contributed by atoms with E-state index in [-0.39, 0.29) is 12.1 Å². The van der Waals surface area contributed by atoms with Crippen molar-refractivity contribution in [3.63, 3.8) is 0 Å². The van der Waals surface area contributed by atoms with Gasteiger partial charge in [0.05, 0.1) is 24.3 Å². The summed E-state index contributed by atoms with van der Waals surface area (Å²) in [7, 11) is 1.58. The van der Waals surface area contributed by atoms with E-state index in [0.29, 0.717) is 17.9 Å². The van der Waals surface area contributed by atoms with Gasteiger partial charge in [-0.3, -0.25) is 0 Å². The van der Waals surface area contributed by atoms with Crippen molar-refractivity contribution in [2.75, 3.05) is 19.0 Å². The lowest BCUT2D eigenvalue weighted by atomic mass is 10.2. The van der Waals surface area contributed by atoms with E-state index in [9.17, 15) is 4.79 Å². The summed E-state index contributed by atoms with van der Waals surface area (Å²) in [4.78, 5) is 11.5. The zero-order valence-electron chi connectivity index (χ0n) is 9.86. The lowest BCUT2D eigenvalue weighted by molar-refractivity contribution is 0.173. The van der Waals surface area contributed by atoms with Crippen molar-refractivity contribution in [2.24, 2.45) is 0 Å². The Morgan fingerprint density at radius 2 is 2.35 bits per heavy atom. The van der Waals surface area contributed by atoms with Crippen molar-refractivity contribution in [1.29, 1.82) is 5.26 Å². The third kappa shape index (κ3) is 4.53. The maximum atomic E-state index is 11.5. The summed E-state index contributed by atoms with van der Waals surface area (Å²) in [6.45, 7) is 2.29. The maximum Gasteiger partial charge on any atom is 0.319 e. The maximum absolute atomic E-state index is 11.5. The molecule has 1 unspecified atom stereocenters. The highest BCUT2D eigenvalue weighted by molar-refractivity contribution is 5.89. The average Bonchev–Trinajstić information content (AvgIpc) is 2.29. The standard InChI is InChI=1S/C12H15N3O2/c1-9(8-17-2)14-12(16)15-11-5-3-4-10(6-11)7-13/h3-6,9H,8H2,1-2H3,(H2,14,15,16). The molecule has 0 aliphatic heterocycles. The number of hydrogen-bond acceptors (Lipinski definition) is 3. The molecular weight excluding hydrogens is 218 g/mol. The van der Waals surface area contributed by atoms with Crippen LogP contribution in [0.4, 0.5) is 10.5 Å². The van der Waals surface area contributed by atoms with Crippen LogP contribution in [0.15, 0.2) is 24.3 Å². The number of nitriles is 1. The zero-order chi connectivity index (χ0) is 12.7. The Balaban J connectivity index is 2.53. The minimum Gasteiger partial charge on any atom is -0.383 e. The van der Waals surface area contributed by atoms with E-state index in [1.807, 2.05) is 13.0 Å². The second-order valence-electron chi connectivity index (χ2n) is 3.65. The third-order valence-electron chi connectivity index (χ3n) is 2.04. The zero-order valence-corrected chi connectivity index (χ0v) is 9.86. The molecule has 0 aromatic heterocycles. The normalized spacial score (nSPS) is 11.4. The van der Waals surface area contributed by atoms with Crippen LogP contribution in [0.25, 0.3) is 0 Å². The van der Waals surface area contributed by atoms with Gasteiger partial charge in [0.2, 0.25) is 0 Å². The lowest BCUT2D eigenvalue weighted by Crippen LogP contribution is -2.38. The minimum atomic E-state index is -0.315. The molecule has 1 atom stereocenters. The number of ether oxygens (including phenoxy) is 1. The fourth-order valence-electron chi connectivity index (χ4n) is 1.35. The van der Waals surface area contributed by atoms with Gasteiger partial charge < -0.3 is 15.4 Å². The van der Waals surface area contributed by atoms with E-state index in [0.717, 1.165) is 0 Å². The fraction of sp³-hybridized carbons (Fsp3) is 0.333. The molecule has 0 radical (unpaired) electrons. The first-order valence-electron chi connectivity index (χ1n) is 5.22. The number of carbonyl (C=O) groups excluding carboxylic acids is 1. The van der Waals surface area contributed by atoms with Gasteiger partial charge in [0.15, 0.2) is 0 Å². The molecule has 0 heterocycles. The number of amides is 2. The number of carbonyl (C=O) groups is 1. The Morgan fingerprint density at radius 3 is 3.00 bits per heavy atom. The highest BCUT2D eigenvalue weighted by Crippen LogP contribution is 2.09. The lowest BCUT2D eigenvalue weighted by Gasteiger charge is -2.13. The molecule has 0 saturated heterocycles. The quantitative estimate of drug-likeness (QED) is 0.831. The Hall–Kier alpha value is -2.06. The second kappa shape index (κ2) is 6.51. The molecule has 1 aromatic carbocycles. The first kappa shape index (κ1) is 13.0. The van der Waals surface area contributed by atoms with Gasteiger partial charge in [-0.2, -0.15) is 5.26 Å². The van der Waals surface area contributed by atoms with Gasteiger partial charge in [-0.1, -0.05) is 6.07 Å². The van der Waals surface area contributed by atoms with Crippen molar-refractivity contribution < 1.29 is 9.53 Å². The van der Waals surface area contributed by atoms with Crippen LogP contribution in [-0.4, -0.2) is 25.8 Å². The first-order chi connectivity index (χ1) is 8.15. The predicted molar refractivity (Wildman–Crippen MR) is 64.6 cm³/mol. The molecule has 0 aliphatic rings. The van der Waals surface area contributed by atoms with Crippen LogP contribution < -0.4 is 10.6 Å². The Morgan fingerprint density at radius 1 is 1.59 bits per heavy atom. The summed E-state index contributed by atoms with van der Waals surface area (Å²) < 4.78 is 4.91. The fourth-order valence-corrected chi connectivity index (χ4v) is 1.35. The minimum absolute atomic E-state index is 0.0702. The molecule has 0 bridgehead atoms. The van der Waals surface area contributed by atoms with Crippen LogP contribution in [0.1, 0.15) is 12.5 Å². The van der Waals surface area contributed by atoms with E-state index in [1.165, 1.54) is 0 Å². The topological polar surface area (TPSA) is 74.2 Å². The van der Waals surface area contributed by atoms with Gasteiger partial charge in [0, 0.05) is 12.8 Å². The van der Waals surface area contributed by atoms with E-state index in [2.05, 4.69) is 10.6 Å². The Kier molecular flexibility index (Phi) is 4.98. The van der Waals surface area contributed by atoms with Crippen LogP contribution in [0.5, 0.6) is 0 Å². The third-order valence-corrected chi connectivity index (χ3v) is 2.04. The molecule has 2 amide bonds. The van der Waals surface area contributed by atoms with E-state index in [4.69, 9.17) is 10.00 Å². The molecule has 0 aliphatic carbocycles. The highest BCUT2D eigenvalue weighted by atomic mass is 16.5. The van der Waals surface area contributed by atoms with Gasteiger partial charge in [-0.25, -0.2) is 4.79 Å². The van der Waals surface area contributed by atoms with Crippen LogP contribution in [0.2, 0.25) is 0 Å². The summed E-state index contributed by atoms with van der Waals surface area (Å²) in [6.07, 6.45) is 0. The van der Waals surface area contributed by atoms with Crippen molar-refractivity contribution >= 4 is 11.7 Å². The van der Waals surface area contributed by atoms with Gasteiger partial charge in [0.1, 0.15) is 0 Å². The van der Waals surface area contributed by atoms with Crippen molar-refractivity contribution in [3.8, 4) is 6.07 Å². The van der Waals surface area contributed by atoms with E-state index >= 15 is 0 Å². The molecule has 0 spiro atoms. The molecule has 0 saturated carbocycles. The number of anilines is 1. The molecule has 17 heavy (non-hydrogen) atoms. The van der Waals surface area contributed by atoms with Crippen LogP contribution >= 0.6 is 0 Å². The van der Waals surface area contributed by atoms with Crippen LogP contribution in [-0.2, 0) is 4.74 Å². The SMILES string of the molecule is COCC(C)NC(=O)Nc1cccc(C#N)c1. The summed E-state index contributed by atoms with van der Waals surface area (Å²) in [6, 6.07) is 8.35. The Labute approximate surface area is 100 Å². The largest absolute Gasteiger partial charge is 0.383 e. The number of benzene rings is 1. The highest BCUT2D eigenvalue weighted by Gasteiger charge is 2.06. The van der Waals surface area contributed by atoms with Gasteiger partial charge >= 0.3 is 6.03 Å². The first-order valence-corrected chi connectivity index (χ1v) is 5.22. The summed E-state index contributed by atoms with van der Waals surface area (Å²) in [5.41, 5.74) is 1.10. The molecule has 5 heteroatoms. The number of urea groups is 1. The Bertz CT molecular complexity index is 426. The number of hydrogen-bond donors (Lipinski definition) is 2. The molecular formula is C12H15N3O2. The monoisotopic (exact) mass is 233 g/mol. The average molecular weight is 233 g/mol. The van der Waals surface area contributed by atoms with Gasteiger partial charge in [-0.15, -0.1) is 0 Å². The van der Waals surface area contributed by atoms with Crippen LogP contribution in [0, 0.1) is 11.3 Å². The molecule has 90 valence electrons. The molecule has 1 aromatic rings. The van der Waals surface area contributed by atoms with Gasteiger partial charge in [0.25, 0.3) is 0 Å². The predicted octanol–water partition coefficient (Wildman–Crippen LogP) is 1.71. The van der Waals surface area contributed by atoms with Crippen LogP contribution in [0.3, 0.4) is 0 Å². The molecule has 5 nitrogen and oxygen atoms in total. The van der Waals surface area contributed by atoms with E-state index < -0.39 is 0 Å². The second-order valence-corrected chi connectivity index (χ2v) is 3.65. The van der Waals surface area contributed by atoms with Gasteiger partial charge in [-0.05, 0) is 25.1 Å². The van der Waals surface area contributed by atoms with Crippen molar-refractivity contribution in [2.45, 2.75) is 13.0 Å². The number of nitrogens with zero attached hydrogens (tertiary/aromatic N) is 1. The van der Waals surface area contributed by atoms with E-state index in [1.54, 1.807) is 31.4 Å². The number of nitrogens with one attached hydrogen (secondary N) is 2. The number of rotatable bonds is 4. The van der Waals surface area contributed by atoms with Crippen molar-refractivity contribution in [3.05, 3.63) is 29.8 Å². The van der Waals surface area contributed by atoms with Crippen molar-refractivity contribution in [1.82, 2.24) is 5.32 Å². The smallest absolute Gasteiger partial charge is 0.319 e. The summed E-state index contributed by atoms with van der Waals surface area (Å²) in [5.74, 6) is 0. The molecule has 1 rings (SSSR count). The summed E-state index contributed by atoms with van der Waals surface area (Å²) in [5, 5.41) is 14.1. The molecule has 0 fully saturated rings. The number of methoxy groups -OCH3 is 1. The summed E-state index contributed by atoms with van der Waals surface area (Å²) >= 11 is 0.